The molecule has 2 heterocycles. The number of nitrogens with zero attached hydrogens (tertiary/aromatic N) is 1. The van der Waals surface area contributed by atoms with Crippen LogP contribution in [0.1, 0.15) is 18.2 Å². The molecule has 0 unspecified atom stereocenters. The Morgan fingerprint density at radius 3 is 2.57 bits per heavy atom. The van der Waals surface area contributed by atoms with E-state index in [1.807, 2.05) is 37.3 Å². The van der Waals surface area contributed by atoms with E-state index < -0.39 is 0 Å². The molecule has 6 heteroatoms. The maximum atomic E-state index is 12.1. The summed E-state index contributed by atoms with van der Waals surface area (Å²) in [5.74, 6) is 0.313. The van der Waals surface area contributed by atoms with E-state index in [9.17, 15) is 9.59 Å². The second kappa shape index (κ2) is 6.68. The van der Waals surface area contributed by atoms with E-state index in [4.69, 9.17) is 4.42 Å². The number of furan rings is 1. The number of thioether (sulfide) groups is 1. The smallest absolute Gasteiger partial charge is 0.293 e. The van der Waals surface area contributed by atoms with Gasteiger partial charge in [0.2, 0.25) is 0 Å². The number of carbonyl (C=O) groups excluding carboxylic acids is 2. The number of imide groups is 1. The highest BCUT2D eigenvalue weighted by Crippen LogP contribution is 2.34. The molecule has 0 bridgehead atoms. The predicted octanol–water partition coefficient (Wildman–Crippen LogP) is 4.80. The average Bonchev–Trinajstić information content (AvgIpc) is 3.07. The molecule has 3 rings (SSSR count). The quantitative estimate of drug-likeness (QED) is 0.745. The minimum Gasteiger partial charge on any atom is -0.450 e. The number of aryl methyl sites for hydroxylation is 1. The van der Waals surface area contributed by atoms with Gasteiger partial charge >= 0.3 is 0 Å². The zero-order valence-corrected chi connectivity index (χ0v) is 14.4. The third-order valence-electron chi connectivity index (χ3n) is 3.30. The molecular weight excluding hydrogens is 330 g/mol. The first-order valence-electron chi connectivity index (χ1n) is 7.16. The van der Waals surface area contributed by atoms with E-state index in [2.05, 4.69) is 0 Å². The number of carbonyl (C=O) groups is 2. The van der Waals surface area contributed by atoms with Crippen LogP contribution in [-0.4, -0.2) is 22.6 Å². The van der Waals surface area contributed by atoms with Crippen LogP contribution in [0.3, 0.4) is 0 Å². The molecule has 1 fully saturated rings. The Labute approximate surface area is 142 Å². The van der Waals surface area contributed by atoms with Gasteiger partial charge < -0.3 is 4.42 Å². The summed E-state index contributed by atoms with van der Waals surface area (Å²) in [4.78, 5) is 26.4. The van der Waals surface area contributed by atoms with Gasteiger partial charge in [-0.15, -0.1) is 0 Å². The summed E-state index contributed by atoms with van der Waals surface area (Å²) in [6, 6.07) is 11.8. The molecule has 4 nitrogen and oxygen atoms in total. The molecular formula is C17H15NO3S2. The lowest BCUT2D eigenvalue weighted by molar-refractivity contribution is -0.122. The minimum absolute atomic E-state index is 0.232. The molecule has 1 aromatic carbocycles. The van der Waals surface area contributed by atoms with E-state index in [-0.39, 0.29) is 11.1 Å². The second-order valence-corrected chi connectivity index (χ2v) is 7.07. The van der Waals surface area contributed by atoms with Crippen LogP contribution in [0.5, 0.6) is 0 Å². The average molecular weight is 345 g/mol. The van der Waals surface area contributed by atoms with Crippen LogP contribution in [0.15, 0.2) is 55.7 Å². The lowest BCUT2D eigenvalue weighted by atomic mass is 10.2. The Hall–Kier alpha value is -1.92. The van der Waals surface area contributed by atoms with Crippen molar-refractivity contribution in [3.05, 3.63) is 52.6 Å². The van der Waals surface area contributed by atoms with E-state index in [1.165, 1.54) is 22.2 Å². The van der Waals surface area contributed by atoms with Crippen LogP contribution in [0.4, 0.5) is 4.79 Å². The van der Waals surface area contributed by atoms with Crippen molar-refractivity contribution in [2.75, 3.05) is 6.54 Å². The number of amides is 2. The van der Waals surface area contributed by atoms with Gasteiger partial charge in [0.1, 0.15) is 5.76 Å². The van der Waals surface area contributed by atoms with Crippen molar-refractivity contribution in [3.8, 4) is 0 Å². The van der Waals surface area contributed by atoms with Crippen molar-refractivity contribution in [3.63, 3.8) is 0 Å². The summed E-state index contributed by atoms with van der Waals surface area (Å²) < 4.78 is 5.72. The first-order valence-corrected chi connectivity index (χ1v) is 8.80. The first-order chi connectivity index (χ1) is 11.1. The Morgan fingerprint density at radius 2 is 1.91 bits per heavy atom. The standard InChI is InChI=1S/C17H15NO3S2/c1-3-18-16(19)14(23-17(18)20)10-12-6-9-15(21-12)22-13-7-4-11(2)5-8-13/h4-10H,3H2,1-2H3. The maximum absolute atomic E-state index is 12.1. The van der Waals surface area contributed by atoms with Crippen molar-refractivity contribution >= 4 is 40.7 Å². The van der Waals surface area contributed by atoms with Gasteiger partial charge in [0, 0.05) is 17.5 Å². The Balaban J connectivity index is 1.75. The fourth-order valence-electron chi connectivity index (χ4n) is 2.09. The Bertz CT molecular complexity index is 777. The molecule has 1 aliphatic heterocycles. The summed E-state index contributed by atoms with van der Waals surface area (Å²) in [6.07, 6.45) is 1.62. The van der Waals surface area contributed by atoms with Gasteiger partial charge in [-0.25, -0.2) is 0 Å². The summed E-state index contributed by atoms with van der Waals surface area (Å²) in [7, 11) is 0. The number of hydrogen-bond acceptors (Lipinski definition) is 5. The van der Waals surface area contributed by atoms with Crippen LogP contribution >= 0.6 is 23.5 Å². The van der Waals surface area contributed by atoms with Gasteiger partial charge in [0.15, 0.2) is 5.09 Å². The van der Waals surface area contributed by atoms with Gasteiger partial charge in [0.25, 0.3) is 11.1 Å². The molecule has 1 saturated heterocycles. The fourth-order valence-corrected chi connectivity index (χ4v) is 3.75. The zero-order valence-electron chi connectivity index (χ0n) is 12.7. The van der Waals surface area contributed by atoms with Gasteiger partial charge in [-0.1, -0.05) is 29.5 Å². The maximum Gasteiger partial charge on any atom is 0.293 e. The van der Waals surface area contributed by atoms with Gasteiger partial charge in [-0.3, -0.25) is 14.5 Å². The van der Waals surface area contributed by atoms with Crippen molar-refractivity contribution < 1.29 is 14.0 Å². The van der Waals surface area contributed by atoms with Crippen LogP contribution in [-0.2, 0) is 4.79 Å². The predicted molar refractivity (Wildman–Crippen MR) is 92.4 cm³/mol. The van der Waals surface area contributed by atoms with Gasteiger partial charge in [-0.2, -0.15) is 0 Å². The molecule has 0 N–H and O–H groups in total. The molecule has 1 aliphatic rings. The van der Waals surface area contributed by atoms with Crippen LogP contribution in [0.2, 0.25) is 0 Å². The highest BCUT2D eigenvalue weighted by molar-refractivity contribution is 8.18. The second-order valence-electron chi connectivity index (χ2n) is 5.00. The summed E-state index contributed by atoms with van der Waals surface area (Å²) >= 11 is 2.46. The Morgan fingerprint density at radius 1 is 1.17 bits per heavy atom. The summed E-state index contributed by atoms with van der Waals surface area (Å²) in [6.45, 7) is 4.21. The molecule has 0 radical (unpaired) electrons. The van der Waals surface area contributed by atoms with Crippen LogP contribution < -0.4 is 0 Å². The zero-order chi connectivity index (χ0) is 16.4. The highest BCUT2D eigenvalue weighted by atomic mass is 32.2. The lowest BCUT2D eigenvalue weighted by Gasteiger charge is -2.06. The summed E-state index contributed by atoms with van der Waals surface area (Å²) in [5.41, 5.74) is 1.21. The van der Waals surface area contributed by atoms with Crippen LogP contribution in [0, 0.1) is 6.92 Å². The molecule has 23 heavy (non-hydrogen) atoms. The van der Waals surface area contributed by atoms with Gasteiger partial charge in [-0.05, 0) is 49.9 Å². The third-order valence-corrected chi connectivity index (χ3v) is 5.14. The van der Waals surface area contributed by atoms with E-state index in [1.54, 1.807) is 19.1 Å². The van der Waals surface area contributed by atoms with E-state index >= 15 is 0 Å². The number of likely N-dealkylation sites (N-methyl/N-ethyl adjacent to an activating group) is 1. The number of hydrogen-bond donors (Lipinski definition) is 0. The highest BCUT2D eigenvalue weighted by Gasteiger charge is 2.33. The van der Waals surface area contributed by atoms with Gasteiger partial charge in [0.05, 0.1) is 4.91 Å². The minimum atomic E-state index is -0.258. The third kappa shape index (κ3) is 3.54. The van der Waals surface area contributed by atoms with Crippen molar-refractivity contribution in [2.24, 2.45) is 0 Å². The van der Waals surface area contributed by atoms with Crippen molar-refractivity contribution in [1.29, 1.82) is 0 Å². The normalized spacial score (nSPS) is 16.6. The monoisotopic (exact) mass is 345 g/mol. The molecule has 0 atom stereocenters. The molecule has 118 valence electrons. The number of benzene rings is 1. The van der Waals surface area contributed by atoms with Crippen molar-refractivity contribution in [2.45, 2.75) is 23.8 Å². The van der Waals surface area contributed by atoms with Crippen molar-refractivity contribution in [1.82, 2.24) is 4.90 Å². The SMILES string of the molecule is CCN1C(=O)SC(=Cc2ccc(Sc3ccc(C)cc3)o2)C1=O. The fraction of sp³-hybridized carbons (Fsp3) is 0.176. The lowest BCUT2D eigenvalue weighted by Crippen LogP contribution is -2.27. The Kier molecular flexibility index (Phi) is 4.63. The number of rotatable bonds is 4. The summed E-state index contributed by atoms with van der Waals surface area (Å²) in [5, 5.41) is 0.513. The largest absolute Gasteiger partial charge is 0.450 e. The van der Waals surface area contributed by atoms with E-state index in [0.29, 0.717) is 17.2 Å². The molecule has 0 saturated carbocycles. The molecule has 1 aromatic heterocycles. The topological polar surface area (TPSA) is 50.5 Å². The molecule has 2 amide bonds. The van der Waals surface area contributed by atoms with E-state index in [0.717, 1.165) is 21.7 Å². The first kappa shape index (κ1) is 16.0. The molecule has 0 spiro atoms. The molecule has 0 aliphatic carbocycles. The molecule has 2 aromatic rings. The van der Waals surface area contributed by atoms with Crippen LogP contribution in [0.25, 0.3) is 6.08 Å².